The molecule has 2 aliphatic rings. The van der Waals surface area contributed by atoms with Crippen LogP contribution in [0.25, 0.3) is 31.3 Å². The highest BCUT2D eigenvalue weighted by molar-refractivity contribution is 5.66. The smallest absolute Gasteiger partial charge is 0.303 e. The molecule has 10 atom stereocenters. The lowest BCUT2D eigenvalue weighted by Gasteiger charge is -2.46. The summed E-state index contributed by atoms with van der Waals surface area (Å²) in [5, 5.41) is 21.8. The van der Waals surface area contributed by atoms with Gasteiger partial charge in [0.05, 0.1) is 37.4 Å². The van der Waals surface area contributed by atoms with Gasteiger partial charge >= 0.3 is 5.97 Å². The van der Waals surface area contributed by atoms with Gasteiger partial charge in [-0.2, -0.15) is 0 Å². The van der Waals surface area contributed by atoms with E-state index >= 15 is 4.39 Å². The summed E-state index contributed by atoms with van der Waals surface area (Å²) in [6.45, 7) is 2.52. The maximum absolute atomic E-state index is 15.7. The Kier molecular flexibility index (Phi) is 10.5. The number of carbonyl (C=O) groups excluding carboxylic acids is 1. The largest absolute Gasteiger partial charge is 0.459 e. The van der Waals surface area contributed by atoms with E-state index in [9.17, 15) is 9.90 Å². The maximum Gasteiger partial charge on any atom is 0.303 e. The minimum absolute atomic E-state index is 0.0188. The molecular formula is C22H28FN9O6. The van der Waals surface area contributed by atoms with Crippen molar-refractivity contribution in [3.63, 3.8) is 0 Å². The fourth-order valence-electron chi connectivity index (χ4n) is 4.58. The average Bonchev–Trinajstić information content (AvgIpc) is 2.90. The second-order valence-corrected chi connectivity index (χ2v) is 8.97. The van der Waals surface area contributed by atoms with Crippen LogP contribution in [0.3, 0.4) is 0 Å². The average molecular weight is 534 g/mol. The fourth-order valence-corrected chi connectivity index (χ4v) is 4.58. The molecule has 1 aliphatic carbocycles. The SMILES string of the molecule is CC(=O)OC1C(N=[N+]=[N-])CC(N=[N+]=[N-])C(OC2OC(CN=[N+]=[N-])C(C)C(F)C2OCc2ccccc2)C1O. The van der Waals surface area contributed by atoms with Crippen molar-refractivity contribution in [1.29, 1.82) is 0 Å². The number of aliphatic hydroxyl groups excluding tert-OH is 1. The first-order valence-corrected chi connectivity index (χ1v) is 11.9. The topological polar surface area (TPSA) is 220 Å². The molecule has 38 heavy (non-hydrogen) atoms. The molecule has 1 N–H and O–H groups in total. The molecule has 0 radical (unpaired) electrons. The van der Waals surface area contributed by atoms with Gasteiger partial charge in [-0.25, -0.2) is 4.39 Å². The number of hydrogen-bond acceptors (Lipinski definition) is 9. The van der Waals surface area contributed by atoms with Crippen molar-refractivity contribution in [1.82, 2.24) is 0 Å². The Morgan fingerprint density at radius 1 is 1.11 bits per heavy atom. The summed E-state index contributed by atoms with van der Waals surface area (Å²) < 4.78 is 38.7. The van der Waals surface area contributed by atoms with E-state index in [1.165, 1.54) is 0 Å². The van der Waals surface area contributed by atoms with Crippen LogP contribution in [-0.2, 0) is 30.3 Å². The van der Waals surface area contributed by atoms with Crippen molar-refractivity contribution < 1.29 is 33.2 Å². The summed E-state index contributed by atoms with van der Waals surface area (Å²) in [5.74, 6) is -1.49. The number of halogens is 1. The van der Waals surface area contributed by atoms with Crippen LogP contribution < -0.4 is 0 Å². The summed E-state index contributed by atoms with van der Waals surface area (Å²) in [6.07, 6.45) is -9.68. The van der Waals surface area contributed by atoms with Crippen molar-refractivity contribution in [3.8, 4) is 0 Å². The first-order chi connectivity index (χ1) is 18.3. The van der Waals surface area contributed by atoms with Gasteiger partial charge in [0, 0.05) is 27.6 Å². The number of nitrogens with zero attached hydrogens (tertiary/aromatic N) is 9. The first-order valence-electron chi connectivity index (χ1n) is 11.9. The predicted molar refractivity (Wildman–Crippen MR) is 129 cm³/mol. The summed E-state index contributed by atoms with van der Waals surface area (Å²) in [6, 6.07) is 6.86. The molecule has 0 spiro atoms. The minimum atomic E-state index is -1.63. The van der Waals surface area contributed by atoms with Gasteiger partial charge < -0.3 is 24.1 Å². The van der Waals surface area contributed by atoms with Crippen LogP contribution in [0.1, 0.15) is 25.8 Å². The molecule has 15 nitrogen and oxygen atoms in total. The monoisotopic (exact) mass is 533 g/mol. The van der Waals surface area contributed by atoms with Gasteiger partial charge in [-0.1, -0.05) is 52.6 Å². The second kappa shape index (κ2) is 13.8. The van der Waals surface area contributed by atoms with Gasteiger partial charge in [-0.3, -0.25) is 4.79 Å². The van der Waals surface area contributed by atoms with Crippen molar-refractivity contribution in [2.75, 3.05) is 6.54 Å². The Morgan fingerprint density at radius 3 is 2.37 bits per heavy atom. The number of carbonyl (C=O) groups is 1. The van der Waals surface area contributed by atoms with Gasteiger partial charge in [0.2, 0.25) is 0 Å². The van der Waals surface area contributed by atoms with Crippen LogP contribution in [0.5, 0.6) is 0 Å². The van der Waals surface area contributed by atoms with Gasteiger partial charge in [-0.05, 0) is 28.6 Å². The van der Waals surface area contributed by atoms with Gasteiger partial charge in [0.15, 0.2) is 6.29 Å². The lowest BCUT2D eigenvalue weighted by molar-refractivity contribution is -0.311. The molecule has 1 aliphatic heterocycles. The molecule has 0 aromatic heterocycles. The van der Waals surface area contributed by atoms with Crippen LogP contribution in [0.2, 0.25) is 0 Å². The lowest BCUT2D eigenvalue weighted by atomic mass is 9.84. The Morgan fingerprint density at radius 2 is 1.76 bits per heavy atom. The van der Waals surface area contributed by atoms with Crippen molar-refractivity contribution in [3.05, 3.63) is 67.2 Å². The first kappa shape index (κ1) is 29.0. The summed E-state index contributed by atoms with van der Waals surface area (Å²) in [4.78, 5) is 19.9. The van der Waals surface area contributed by atoms with Crippen LogP contribution in [0.15, 0.2) is 45.7 Å². The lowest BCUT2D eigenvalue weighted by Crippen LogP contribution is -2.61. The van der Waals surface area contributed by atoms with Gasteiger partial charge in [0.25, 0.3) is 0 Å². The maximum atomic E-state index is 15.7. The molecule has 1 saturated carbocycles. The number of benzene rings is 1. The van der Waals surface area contributed by atoms with E-state index in [0.717, 1.165) is 12.5 Å². The van der Waals surface area contributed by atoms with E-state index in [1.54, 1.807) is 31.2 Å². The number of hydrogen-bond donors (Lipinski definition) is 1. The number of esters is 1. The van der Waals surface area contributed by atoms with Crippen LogP contribution in [0.4, 0.5) is 4.39 Å². The molecule has 1 aromatic carbocycles. The van der Waals surface area contributed by atoms with E-state index in [0.29, 0.717) is 0 Å². The molecule has 3 rings (SSSR count). The van der Waals surface area contributed by atoms with E-state index in [2.05, 4.69) is 30.1 Å². The molecular weight excluding hydrogens is 505 g/mol. The Balaban J connectivity index is 1.92. The fraction of sp³-hybridized carbons (Fsp3) is 0.682. The number of aliphatic hydroxyl groups is 1. The van der Waals surface area contributed by atoms with Crippen molar-refractivity contribution in [2.24, 2.45) is 21.3 Å². The molecule has 0 bridgehead atoms. The van der Waals surface area contributed by atoms with Crippen molar-refractivity contribution in [2.45, 2.75) is 81.9 Å². The van der Waals surface area contributed by atoms with Gasteiger partial charge in [-0.15, -0.1) is 0 Å². The minimum Gasteiger partial charge on any atom is -0.459 e. The third-order valence-electron chi connectivity index (χ3n) is 6.50. The molecule has 0 amide bonds. The Hall–Kier alpha value is -3.61. The highest BCUT2D eigenvalue weighted by Crippen LogP contribution is 2.36. The molecule has 1 saturated heterocycles. The number of rotatable bonds is 10. The Labute approximate surface area is 216 Å². The van der Waals surface area contributed by atoms with Gasteiger partial charge in [0.1, 0.15) is 24.5 Å². The number of alkyl halides is 1. The predicted octanol–water partition coefficient (Wildman–Crippen LogP) is 4.02. The van der Waals surface area contributed by atoms with Crippen LogP contribution in [-0.4, -0.2) is 72.7 Å². The van der Waals surface area contributed by atoms with Crippen LogP contribution >= 0.6 is 0 Å². The standard InChI is InChI=1S/C22H28FN9O6/c1-11-16(9-27-30-24)37-22(21(17(11)23)35-10-13-6-4-3-5-7-13)38-20-15(29-32-26)8-14(28-31-25)19(18(20)34)36-12(2)33/h3-7,11,14-22,34H,8-10H2,1-2H3. The van der Waals surface area contributed by atoms with E-state index in [-0.39, 0.29) is 19.6 Å². The molecule has 16 heteroatoms. The van der Waals surface area contributed by atoms with Crippen LogP contribution in [0, 0.1) is 5.92 Å². The molecule has 2 fully saturated rings. The zero-order chi connectivity index (χ0) is 27.7. The zero-order valence-corrected chi connectivity index (χ0v) is 20.7. The molecule has 1 heterocycles. The Bertz CT molecular complexity index is 1100. The highest BCUT2D eigenvalue weighted by atomic mass is 19.1. The zero-order valence-electron chi connectivity index (χ0n) is 20.7. The number of azide groups is 3. The van der Waals surface area contributed by atoms with E-state index in [1.807, 2.05) is 6.07 Å². The normalized spacial score (nSPS) is 34.6. The molecule has 1 aromatic rings. The van der Waals surface area contributed by atoms with Crippen molar-refractivity contribution >= 4 is 5.97 Å². The third kappa shape index (κ3) is 7.03. The highest BCUT2D eigenvalue weighted by Gasteiger charge is 2.51. The number of ether oxygens (including phenoxy) is 4. The quantitative estimate of drug-likeness (QED) is 0.202. The molecule has 10 unspecified atom stereocenters. The molecule has 204 valence electrons. The van der Waals surface area contributed by atoms with E-state index < -0.39 is 67.0 Å². The second-order valence-electron chi connectivity index (χ2n) is 8.97. The summed E-state index contributed by atoms with van der Waals surface area (Å²) >= 11 is 0. The summed E-state index contributed by atoms with van der Waals surface area (Å²) in [7, 11) is 0. The van der Waals surface area contributed by atoms with E-state index in [4.69, 9.17) is 35.5 Å². The summed E-state index contributed by atoms with van der Waals surface area (Å²) in [5.41, 5.74) is 27.5. The third-order valence-corrected chi connectivity index (χ3v) is 6.50.